The summed E-state index contributed by atoms with van der Waals surface area (Å²) in [7, 11) is 0. The van der Waals surface area contributed by atoms with Gasteiger partial charge in [0, 0.05) is 24.4 Å². The van der Waals surface area contributed by atoms with E-state index in [1.807, 2.05) is 36.0 Å². The molecule has 2 unspecified atom stereocenters. The molecule has 2 fully saturated rings. The highest BCUT2D eigenvalue weighted by Gasteiger charge is 2.42. The summed E-state index contributed by atoms with van der Waals surface area (Å²) >= 11 is 1.96. The van der Waals surface area contributed by atoms with Gasteiger partial charge in [0.15, 0.2) is 11.6 Å². The Morgan fingerprint density at radius 2 is 1.80 bits per heavy atom. The predicted molar refractivity (Wildman–Crippen MR) is 106 cm³/mol. The van der Waals surface area contributed by atoms with E-state index in [9.17, 15) is 0 Å². The number of nitrogens with one attached hydrogen (secondary N) is 1. The average Bonchev–Trinajstić information content (AvgIpc) is 3.39. The van der Waals surface area contributed by atoms with E-state index in [1.54, 1.807) is 0 Å². The fraction of sp³-hybridized carbons (Fsp3) is 0.579. The second-order valence-corrected chi connectivity index (χ2v) is 8.56. The summed E-state index contributed by atoms with van der Waals surface area (Å²) in [6.07, 6.45) is 5.16. The lowest BCUT2D eigenvalue weighted by Gasteiger charge is -2.36. The Morgan fingerprint density at radius 1 is 1.16 bits per heavy atom. The molecule has 1 saturated heterocycles. The van der Waals surface area contributed by atoms with E-state index in [1.165, 1.54) is 12.8 Å². The fourth-order valence-electron chi connectivity index (χ4n) is 3.52. The molecule has 2 atom stereocenters. The van der Waals surface area contributed by atoms with Gasteiger partial charge in [-0.1, -0.05) is 12.1 Å². The summed E-state index contributed by atoms with van der Waals surface area (Å²) in [6, 6.07) is 8.10. The number of hydrogen-bond donors (Lipinski definition) is 1. The molecule has 1 saturated carbocycles. The number of aromatic nitrogens is 2. The summed E-state index contributed by atoms with van der Waals surface area (Å²) in [6.45, 7) is 6.89. The molecule has 1 aliphatic carbocycles. The van der Waals surface area contributed by atoms with Crippen molar-refractivity contribution in [2.75, 3.05) is 36.1 Å². The van der Waals surface area contributed by atoms with Gasteiger partial charge >= 0.3 is 0 Å². The van der Waals surface area contributed by atoms with Crippen LogP contribution >= 0.6 is 11.8 Å². The van der Waals surface area contributed by atoms with Crippen LogP contribution in [0.5, 0.6) is 0 Å². The summed E-state index contributed by atoms with van der Waals surface area (Å²) in [4.78, 5) is 12.2. The Bertz CT molecular complexity index is 754. The zero-order valence-electron chi connectivity index (χ0n) is 15.2. The molecular weight excluding hydrogens is 332 g/mol. The standard InChI is InChI=1S/C19H26N4OS/c1-13-10-23(11-14(2)24-13)18-17(20-12-19(25-3)8-9-19)21-15-6-4-5-7-16(15)22-18/h4-7,13-14H,8-12H2,1-3H3,(H,20,21). The summed E-state index contributed by atoms with van der Waals surface area (Å²) < 4.78 is 6.28. The number of ether oxygens (including phenoxy) is 1. The smallest absolute Gasteiger partial charge is 0.172 e. The maximum Gasteiger partial charge on any atom is 0.172 e. The second-order valence-electron chi connectivity index (χ2n) is 7.29. The van der Waals surface area contributed by atoms with Crippen molar-refractivity contribution in [2.24, 2.45) is 0 Å². The van der Waals surface area contributed by atoms with E-state index in [2.05, 4.69) is 30.3 Å². The number of nitrogens with zero attached hydrogens (tertiary/aromatic N) is 3. The number of fused-ring (bicyclic) bond motifs is 1. The monoisotopic (exact) mass is 358 g/mol. The first-order valence-corrected chi connectivity index (χ1v) is 10.3. The van der Waals surface area contributed by atoms with Crippen molar-refractivity contribution in [3.8, 4) is 0 Å². The molecule has 25 heavy (non-hydrogen) atoms. The zero-order valence-corrected chi connectivity index (χ0v) is 16.0. The molecular formula is C19H26N4OS. The lowest BCUT2D eigenvalue weighted by atomic mass is 10.2. The molecule has 0 radical (unpaired) electrons. The largest absolute Gasteiger partial charge is 0.372 e. The molecule has 1 N–H and O–H groups in total. The van der Waals surface area contributed by atoms with Gasteiger partial charge in [-0.3, -0.25) is 0 Å². The molecule has 1 aromatic heterocycles. The molecule has 5 nitrogen and oxygen atoms in total. The third kappa shape index (κ3) is 3.55. The van der Waals surface area contributed by atoms with Crippen LogP contribution in [0.2, 0.25) is 0 Å². The summed E-state index contributed by atoms with van der Waals surface area (Å²) in [5.41, 5.74) is 1.89. The molecule has 2 aromatic rings. The molecule has 134 valence electrons. The van der Waals surface area contributed by atoms with E-state index in [4.69, 9.17) is 14.7 Å². The van der Waals surface area contributed by atoms with Gasteiger partial charge in [-0.25, -0.2) is 9.97 Å². The molecule has 2 heterocycles. The van der Waals surface area contributed by atoms with Gasteiger partial charge in [-0.15, -0.1) is 0 Å². The average molecular weight is 359 g/mol. The lowest BCUT2D eigenvalue weighted by Crippen LogP contribution is -2.46. The van der Waals surface area contributed by atoms with Crippen LogP contribution in [-0.4, -0.2) is 52.8 Å². The van der Waals surface area contributed by atoms with Crippen molar-refractivity contribution in [1.82, 2.24) is 9.97 Å². The van der Waals surface area contributed by atoms with Crippen molar-refractivity contribution in [3.05, 3.63) is 24.3 Å². The Hall–Kier alpha value is -1.53. The predicted octanol–water partition coefficient (Wildman–Crippen LogP) is 3.55. The maximum absolute atomic E-state index is 5.89. The first-order valence-electron chi connectivity index (χ1n) is 9.05. The van der Waals surface area contributed by atoms with E-state index < -0.39 is 0 Å². The van der Waals surface area contributed by atoms with Crippen molar-refractivity contribution in [2.45, 2.75) is 43.6 Å². The second kappa shape index (κ2) is 6.65. The molecule has 6 heteroatoms. The van der Waals surface area contributed by atoms with Gasteiger partial charge in [-0.05, 0) is 45.1 Å². The van der Waals surface area contributed by atoms with Gasteiger partial charge in [0.05, 0.1) is 23.2 Å². The van der Waals surface area contributed by atoms with Gasteiger partial charge in [0.25, 0.3) is 0 Å². The molecule has 0 amide bonds. The van der Waals surface area contributed by atoms with Gasteiger partial charge in [0.2, 0.25) is 0 Å². The Labute approximate surface area is 153 Å². The topological polar surface area (TPSA) is 50.3 Å². The van der Waals surface area contributed by atoms with Crippen molar-refractivity contribution >= 4 is 34.4 Å². The van der Waals surface area contributed by atoms with E-state index >= 15 is 0 Å². The molecule has 0 bridgehead atoms. The minimum atomic E-state index is 0.200. The number of benzene rings is 1. The molecule has 1 aromatic carbocycles. The highest BCUT2D eigenvalue weighted by molar-refractivity contribution is 8.00. The van der Waals surface area contributed by atoms with Gasteiger partial charge in [0.1, 0.15) is 0 Å². The lowest BCUT2D eigenvalue weighted by molar-refractivity contribution is -0.00541. The van der Waals surface area contributed by atoms with Crippen LogP contribution < -0.4 is 10.2 Å². The van der Waals surface area contributed by atoms with Crippen LogP contribution in [0.1, 0.15) is 26.7 Å². The van der Waals surface area contributed by atoms with Crippen LogP contribution in [0.3, 0.4) is 0 Å². The van der Waals surface area contributed by atoms with Crippen molar-refractivity contribution in [1.29, 1.82) is 0 Å². The SMILES string of the molecule is CSC1(CNc2nc3ccccc3nc2N2CC(C)OC(C)C2)CC1. The van der Waals surface area contributed by atoms with Crippen LogP contribution in [0, 0.1) is 0 Å². The molecule has 1 aliphatic heterocycles. The van der Waals surface area contributed by atoms with Gasteiger partial charge < -0.3 is 15.0 Å². The maximum atomic E-state index is 5.89. The first-order chi connectivity index (χ1) is 12.1. The third-order valence-corrected chi connectivity index (χ3v) is 6.51. The van der Waals surface area contributed by atoms with Gasteiger partial charge in [-0.2, -0.15) is 11.8 Å². The van der Waals surface area contributed by atoms with E-state index in [0.29, 0.717) is 4.75 Å². The minimum Gasteiger partial charge on any atom is -0.372 e. The number of thioether (sulfide) groups is 1. The summed E-state index contributed by atoms with van der Waals surface area (Å²) in [5.74, 6) is 1.86. The number of anilines is 2. The Balaban J connectivity index is 1.68. The highest BCUT2D eigenvalue weighted by atomic mass is 32.2. The van der Waals surface area contributed by atoms with Crippen molar-refractivity contribution in [3.63, 3.8) is 0 Å². The number of para-hydroxylation sites is 2. The van der Waals surface area contributed by atoms with Crippen LogP contribution in [0.25, 0.3) is 11.0 Å². The number of rotatable bonds is 5. The first kappa shape index (κ1) is 16.9. The zero-order chi connectivity index (χ0) is 17.4. The van der Waals surface area contributed by atoms with Crippen LogP contribution in [-0.2, 0) is 4.74 Å². The quantitative estimate of drug-likeness (QED) is 0.882. The van der Waals surface area contributed by atoms with Crippen LogP contribution in [0.15, 0.2) is 24.3 Å². The highest BCUT2D eigenvalue weighted by Crippen LogP contribution is 2.47. The fourth-order valence-corrected chi connectivity index (χ4v) is 4.24. The van der Waals surface area contributed by atoms with Crippen molar-refractivity contribution < 1.29 is 4.74 Å². The molecule has 2 aliphatic rings. The Morgan fingerprint density at radius 3 is 2.40 bits per heavy atom. The Kier molecular flexibility index (Phi) is 4.50. The van der Waals surface area contributed by atoms with Crippen LogP contribution in [0.4, 0.5) is 11.6 Å². The molecule has 4 rings (SSSR count). The number of hydrogen-bond acceptors (Lipinski definition) is 6. The third-order valence-electron chi connectivity index (χ3n) is 5.09. The number of morpholine rings is 1. The van der Waals surface area contributed by atoms with E-state index in [0.717, 1.165) is 42.3 Å². The van der Waals surface area contributed by atoms with E-state index in [-0.39, 0.29) is 12.2 Å². The minimum absolute atomic E-state index is 0.200. The summed E-state index contributed by atoms with van der Waals surface area (Å²) in [5, 5.41) is 3.61. The normalized spacial score (nSPS) is 25.2. The molecule has 0 spiro atoms.